The van der Waals surface area contributed by atoms with Crippen LogP contribution >= 0.6 is 11.5 Å². The third kappa shape index (κ3) is 4.70. The minimum absolute atomic E-state index is 0.0857. The Balaban J connectivity index is 1.67. The van der Waals surface area contributed by atoms with Crippen molar-refractivity contribution >= 4 is 38.9 Å². The van der Waals surface area contributed by atoms with Gasteiger partial charge in [-0.15, -0.1) is 0 Å². The van der Waals surface area contributed by atoms with E-state index in [0.717, 1.165) is 10.7 Å². The lowest BCUT2D eigenvalue weighted by Gasteiger charge is -2.32. The van der Waals surface area contributed by atoms with Crippen molar-refractivity contribution < 1.29 is 13.8 Å². The summed E-state index contributed by atoms with van der Waals surface area (Å²) >= 11 is 1.25. The topological polar surface area (TPSA) is 95.8 Å². The molecule has 0 saturated carbocycles. The number of rotatable bonds is 4. The van der Waals surface area contributed by atoms with E-state index in [2.05, 4.69) is 13.7 Å². The second-order valence-electron chi connectivity index (χ2n) is 7.75. The van der Waals surface area contributed by atoms with Gasteiger partial charge >= 0.3 is 0 Å². The molecular formula is C20H27N5O3S2. The van der Waals surface area contributed by atoms with E-state index in [1.54, 1.807) is 30.3 Å². The van der Waals surface area contributed by atoms with Crippen molar-refractivity contribution in [2.45, 2.75) is 31.9 Å². The second kappa shape index (κ2) is 8.81. The van der Waals surface area contributed by atoms with Crippen molar-refractivity contribution in [3.63, 3.8) is 0 Å². The molecule has 2 aromatic heterocycles. The largest absolute Gasteiger partial charge is 0.363 e. The number of amides is 2. The molecule has 1 atom stereocenters. The number of nitrogens with zero attached hydrogens (tertiary/aromatic N) is 5. The van der Waals surface area contributed by atoms with Gasteiger partial charge < -0.3 is 9.80 Å². The number of likely N-dealkylation sites (tertiary alicyclic amines) is 1. The van der Waals surface area contributed by atoms with Gasteiger partial charge in [-0.3, -0.25) is 9.59 Å². The van der Waals surface area contributed by atoms with Crippen molar-refractivity contribution in [1.29, 1.82) is 0 Å². The first-order valence-corrected chi connectivity index (χ1v) is 12.5. The van der Waals surface area contributed by atoms with Gasteiger partial charge in [-0.2, -0.15) is 8.74 Å². The number of carbonyl (C=O) groups is 2. The van der Waals surface area contributed by atoms with Gasteiger partial charge in [0.2, 0.25) is 0 Å². The molecule has 162 valence electrons. The van der Waals surface area contributed by atoms with Crippen LogP contribution in [-0.2, 0) is 9.73 Å². The first kappa shape index (κ1) is 22.4. The normalized spacial score (nSPS) is 16.8. The number of aromatic nitrogens is 2. The summed E-state index contributed by atoms with van der Waals surface area (Å²) in [5, 5.41) is -0.230. The third-order valence-corrected chi connectivity index (χ3v) is 8.39. The van der Waals surface area contributed by atoms with Crippen molar-refractivity contribution in [2.24, 2.45) is 4.36 Å². The Bertz CT molecular complexity index is 1040. The average molecular weight is 450 g/mol. The lowest BCUT2D eigenvalue weighted by Crippen LogP contribution is -2.42. The highest BCUT2D eigenvalue weighted by molar-refractivity contribution is 7.93. The highest BCUT2D eigenvalue weighted by atomic mass is 32.2. The fourth-order valence-electron chi connectivity index (χ4n) is 3.53. The number of aryl methyl sites for hydroxylation is 2. The fourth-order valence-corrected chi connectivity index (χ4v) is 5.88. The molecule has 8 nitrogen and oxygen atoms in total. The molecule has 1 aliphatic heterocycles. The number of piperidine rings is 1. The molecule has 2 amide bonds. The molecule has 0 N–H and O–H groups in total. The van der Waals surface area contributed by atoms with Gasteiger partial charge in [0.1, 0.15) is 5.82 Å². The van der Waals surface area contributed by atoms with Crippen LogP contribution in [0.5, 0.6) is 0 Å². The van der Waals surface area contributed by atoms with E-state index in [-0.39, 0.29) is 11.2 Å². The van der Waals surface area contributed by atoms with Crippen LogP contribution in [-0.4, -0.2) is 69.0 Å². The summed E-state index contributed by atoms with van der Waals surface area (Å²) in [6, 6.07) is 3.58. The van der Waals surface area contributed by atoms with Crippen LogP contribution in [0.2, 0.25) is 0 Å². The van der Waals surface area contributed by atoms with E-state index in [4.69, 9.17) is 0 Å². The van der Waals surface area contributed by atoms with Crippen molar-refractivity contribution in [2.75, 3.05) is 38.3 Å². The van der Waals surface area contributed by atoms with Crippen LogP contribution in [0.3, 0.4) is 0 Å². The van der Waals surface area contributed by atoms with Gasteiger partial charge in [-0.1, -0.05) is 0 Å². The summed E-state index contributed by atoms with van der Waals surface area (Å²) in [6.45, 7) is 4.53. The molecule has 10 heteroatoms. The van der Waals surface area contributed by atoms with Crippen molar-refractivity contribution in [3.05, 3.63) is 40.0 Å². The van der Waals surface area contributed by atoms with E-state index in [1.807, 2.05) is 32.0 Å². The highest BCUT2D eigenvalue weighted by Gasteiger charge is 2.29. The van der Waals surface area contributed by atoms with Crippen LogP contribution in [0.25, 0.3) is 0 Å². The maximum atomic E-state index is 13.2. The molecule has 0 bridgehead atoms. The van der Waals surface area contributed by atoms with Gasteiger partial charge in [-0.05, 0) is 50.4 Å². The monoisotopic (exact) mass is 449 g/mol. The first-order chi connectivity index (χ1) is 14.1. The predicted molar refractivity (Wildman–Crippen MR) is 120 cm³/mol. The van der Waals surface area contributed by atoms with Crippen LogP contribution in [0.1, 0.15) is 44.1 Å². The van der Waals surface area contributed by atoms with E-state index >= 15 is 0 Å². The van der Waals surface area contributed by atoms with Gasteiger partial charge in [0.15, 0.2) is 0 Å². The molecule has 0 aromatic carbocycles. The quantitative estimate of drug-likeness (QED) is 0.712. The maximum absolute atomic E-state index is 13.2. The Hall–Kier alpha value is -2.33. The molecule has 1 aliphatic rings. The van der Waals surface area contributed by atoms with E-state index in [9.17, 15) is 13.8 Å². The summed E-state index contributed by atoms with van der Waals surface area (Å²) < 4.78 is 21.5. The number of anilines is 1. The molecule has 2 aromatic rings. The number of hydrogen-bond donors (Lipinski definition) is 0. The first-order valence-electron chi connectivity index (χ1n) is 9.71. The molecule has 0 radical (unpaired) electrons. The Morgan fingerprint density at radius 3 is 2.40 bits per heavy atom. The Labute approximate surface area is 181 Å². The maximum Gasteiger partial charge on any atom is 0.288 e. The summed E-state index contributed by atoms with van der Waals surface area (Å²) in [4.78, 5) is 34.0. The number of pyridine rings is 1. The summed E-state index contributed by atoms with van der Waals surface area (Å²) in [5.41, 5.74) is 1.61. The van der Waals surface area contributed by atoms with Gasteiger partial charge in [0.25, 0.3) is 11.8 Å². The average Bonchev–Trinajstić information content (AvgIpc) is 3.05. The molecule has 1 fully saturated rings. The molecule has 0 spiro atoms. The number of hydrogen-bond acceptors (Lipinski definition) is 7. The standard InChI is InChI=1S/C20H27N5O3S2/c1-13-18(14(2)29-22-13)19(26)23-30(5,28)16-8-10-25(11-9-16)20(27)15-6-7-17(21-12-15)24(3)4/h6-7,12,16H,8-11H2,1-5H3. The second-order valence-corrected chi connectivity index (χ2v) is 11.3. The van der Waals surface area contributed by atoms with Crippen molar-refractivity contribution in [1.82, 2.24) is 14.3 Å². The summed E-state index contributed by atoms with van der Waals surface area (Å²) in [6.07, 6.45) is 4.21. The molecule has 1 saturated heterocycles. The zero-order valence-corrected chi connectivity index (χ0v) is 19.5. The molecular weight excluding hydrogens is 422 g/mol. The third-order valence-electron chi connectivity index (χ3n) is 5.31. The summed E-state index contributed by atoms with van der Waals surface area (Å²) in [7, 11) is 1.06. The molecule has 3 heterocycles. The van der Waals surface area contributed by atoms with Crippen LogP contribution in [0, 0.1) is 13.8 Å². The van der Waals surface area contributed by atoms with Crippen molar-refractivity contribution in [3.8, 4) is 0 Å². The molecule has 1 unspecified atom stereocenters. The van der Waals surface area contributed by atoms with E-state index in [0.29, 0.717) is 42.8 Å². The lowest BCUT2D eigenvalue weighted by molar-refractivity contribution is 0.0725. The lowest BCUT2D eigenvalue weighted by atomic mass is 10.1. The predicted octanol–water partition coefficient (Wildman–Crippen LogP) is 2.76. The SMILES string of the molecule is Cc1nsc(C)c1C(=O)N=S(C)(=O)C1CCN(C(=O)c2ccc(N(C)C)nc2)CC1. The van der Waals surface area contributed by atoms with Gasteiger partial charge in [0, 0.05) is 49.8 Å². The smallest absolute Gasteiger partial charge is 0.288 e. The van der Waals surface area contributed by atoms with Crippen LogP contribution in [0.15, 0.2) is 22.7 Å². The molecule has 0 aliphatic carbocycles. The Morgan fingerprint density at radius 2 is 1.90 bits per heavy atom. The fraction of sp³-hybridized carbons (Fsp3) is 0.500. The Kier molecular flexibility index (Phi) is 6.56. The molecule has 30 heavy (non-hydrogen) atoms. The Morgan fingerprint density at radius 1 is 1.23 bits per heavy atom. The minimum atomic E-state index is -2.72. The van der Waals surface area contributed by atoms with E-state index in [1.165, 1.54) is 11.5 Å². The van der Waals surface area contributed by atoms with Crippen LogP contribution < -0.4 is 4.90 Å². The minimum Gasteiger partial charge on any atom is -0.363 e. The summed E-state index contributed by atoms with van der Waals surface area (Å²) in [5.74, 6) is 0.239. The highest BCUT2D eigenvalue weighted by Crippen LogP contribution is 2.23. The number of carbonyl (C=O) groups excluding carboxylic acids is 2. The van der Waals surface area contributed by atoms with Crippen LogP contribution in [0.4, 0.5) is 5.82 Å². The van der Waals surface area contributed by atoms with Gasteiger partial charge in [-0.25, -0.2) is 9.19 Å². The molecule has 3 rings (SSSR count). The zero-order valence-electron chi connectivity index (χ0n) is 17.9. The van der Waals surface area contributed by atoms with E-state index < -0.39 is 15.6 Å². The van der Waals surface area contributed by atoms with Gasteiger partial charge in [0.05, 0.1) is 26.5 Å². The zero-order chi connectivity index (χ0) is 22.1.